The van der Waals surface area contributed by atoms with Crippen molar-refractivity contribution in [2.45, 2.75) is 50.1 Å². The SMILES string of the molecule is [2H]C1CC([2H])(O)C([2H])([2H])C([2H])([2H])C1Nc1ncc2nc(Nc3c(F)cc(F)cc3F)n(C3CCOC3)c2n1. The van der Waals surface area contributed by atoms with Gasteiger partial charge >= 0.3 is 0 Å². The lowest BCUT2D eigenvalue weighted by Crippen LogP contribution is -2.29. The smallest absolute Gasteiger partial charge is 0.224 e. The molecule has 32 heavy (non-hydrogen) atoms. The highest BCUT2D eigenvalue weighted by Crippen LogP contribution is 2.32. The third kappa shape index (κ3) is 4.09. The highest BCUT2D eigenvalue weighted by atomic mass is 19.1. The summed E-state index contributed by atoms with van der Waals surface area (Å²) in [6.07, 6.45) is -9.04. The molecule has 0 bridgehead atoms. The van der Waals surface area contributed by atoms with Crippen molar-refractivity contribution in [1.82, 2.24) is 19.5 Å². The molecular formula is C21H23F3N6O2. The fourth-order valence-corrected chi connectivity index (χ4v) is 3.63. The molecule has 3 heterocycles. The Kier molecular flexibility index (Phi) is 4.01. The molecule has 1 saturated heterocycles. The van der Waals surface area contributed by atoms with E-state index in [1.165, 1.54) is 10.8 Å². The summed E-state index contributed by atoms with van der Waals surface area (Å²) in [5, 5.41) is 15.3. The maximum Gasteiger partial charge on any atom is 0.224 e. The Morgan fingerprint density at radius 3 is 2.75 bits per heavy atom. The maximum absolute atomic E-state index is 14.4. The minimum atomic E-state index is -3.03. The Bertz CT molecular complexity index is 1360. The molecule has 0 spiro atoms. The molecule has 11 heteroatoms. The van der Waals surface area contributed by atoms with Crippen LogP contribution in [0.3, 0.4) is 0 Å². The van der Waals surface area contributed by atoms with Gasteiger partial charge in [-0.2, -0.15) is 4.98 Å². The number of ether oxygens (including phenoxy) is 1. The second kappa shape index (κ2) is 8.55. The molecule has 3 N–H and O–H groups in total. The third-order valence-electron chi connectivity index (χ3n) is 5.15. The number of nitrogens with one attached hydrogen (secondary N) is 2. The summed E-state index contributed by atoms with van der Waals surface area (Å²) in [5.41, 5.74) is -0.273. The minimum absolute atomic E-state index is 0.0340. The first kappa shape index (κ1) is 15.0. The molecule has 1 aliphatic heterocycles. The van der Waals surface area contributed by atoms with Gasteiger partial charge in [0, 0.05) is 31.6 Å². The summed E-state index contributed by atoms with van der Waals surface area (Å²) in [4.78, 5) is 12.8. The van der Waals surface area contributed by atoms with Crippen molar-refractivity contribution in [3.63, 3.8) is 0 Å². The zero-order valence-corrected chi connectivity index (χ0v) is 16.6. The van der Waals surface area contributed by atoms with E-state index in [-0.39, 0.29) is 35.7 Å². The van der Waals surface area contributed by atoms with E-state index in [0.717, 1.165) is 0 Å². The minimum Gasteiger partial charge on any atom is -0.393 e. The van der Waals surface area contributed by atoms with Crippen molar-refractivity contribution >= 4 is 28.7 Å². The van der Waals surface area contributed by atoms with Crippen LogP contribution in [0.4, 0.5) is 30.8 Å². The molecule has 4 atom stereocenters. The standard InChI is InChI=1S/C21H23F3N6O2/c22-11-7-15(23)18(16(24)8-11)28-21-27-17-9-25-20(26-12-1-3-14(31)4-2-12)29-19(17)30(21)13-5-6-32-10-13/h7-9,12-14,31H,1-6,10H2,(H,27,28)(H,25,26,29)/i1D,2D2,4D2,14D. The third-order valence-corrected chi connectivity index (χ3v) is 5.15. The van der Waals surface area contributed by atoms with Gasteiger partial charge in [-0.05, 0) is 32.0 Å². The zero-order valence-electron chi connectivity index (χ0n) is 22.6. The van der Waals surface area contributed by atoms with E-state index in [1.54, 1.807) is 0 Å². The second-order valence-electron chi connectivity index (χ2n) is 7.37. The van der Waals surface area contributed by atoms with Crippen molar-refractivity contribution < 1.29 is 31.2 Å². The normalized spacial score (nSPS) is 34.1. The van der Waals surface area contributed by atoms with Gasteiger partial charge in [-0.1, -0.05) is 0 Å². The van der Waals surface area contributed by atoms with Crippen molar-refractivity contribution in [1.29, 1.82) is 0 Å². The van der Waals surface area contributed by atoms with Crippen molar-refractivity contribution in [3.05, 3.63) is 35.8 Å². The molecule has 2 aromatic heterocycles. The Labute approximate surface area is 190 Å². The quantitative estimate of drug-likeness (QED) is 0.541. The van der Waals surface area contributed by atoms with Crippen molar-refractivity contribution in [2.24, 2.45) is 0 Å². The predicted octanol–water partition coefficient (Wildman–Crippen LogP) is 3.66. The van der Waals surface area contributed by atoms with Crippen LogP contribution in [0.1, 0.15) is 46.3 Å². The fraction of sp³-hybridized carbons (Fsp3) is 0.476. The van der Waals surface area contributed by atoms with E-state index in [9.17, 15) is 18.3 Å². The van der Waals surface area contributed by atoms with Crippen LogP contribution in [0.2, 0.25) is 0 Å². The van der Waals surface area contributed by atoms with Gasteiger partial charge in [-0.15, -0.1) is 0 Å². The van der Waals surface area contributed by atoms with Crippen LogP contribution in [-0.2, 0) is 4.74 Å². The van der Waals surface area contributed by atoms with Crippen LogP contribution in [0.25, 0.3) is 11.2 Å². The first-order valence-electron chi connectivity index (χ1n) is 13.0. The van der Waals surface area contributed by atoms with E-state index in [2.05, 4.69) is 25.6 Å². The molecule has 3 aromatic rings. The first-order valence-corrected chi connectivity index (χ1v) is 9.88. The lowest BCUT2D eigenvalue weighted by atomic mass is 9.93. The van der Waals surface area contributed by atoms with Crippen LogP contribution in [-0.4, -0.2) is 50.0 Å². The summed E-state index contributed by atoms with van der Waals surface area (Å²) in [6, 6.07) is -0.864. The van der Waals surface area contributed by atoms with Gasteiger partial charge in [0.15, 0.2) is 17.3 Å². The van der Waals surface area contributed by atoms with Crippen LogP contribution < -0.4 is 10.6 Å². The van der Waals surface area contributed by atoms with Crippen LogP contribution >= 0.6 is 0 Å². The van der Waals surface area contributed by atoms with Crippen LogP contribution in [0.5, 0.6) is 0 Å². The Morgan fingerprint density at radius 2 is 2.00 bits per heavy atom. The number of aromatic nitrogens is 4. The van der Waals surface area contributed by atoms with E-state index in [0.29, 0.717) is 25.2 Å². The molecule has 1 aliphatic carbocycles. The Hall–Kier alpha value is -2.92. The summed E-state index contributed by atoms with van der Waals surface area (Å²) >= 11 is 0. The summed E-state index contributed by atoms with van der Waals surface area (Å²) in [7, 11) is 0. The number of anilines is 3. The van der Waals surface area contributed by atoms with Gasteiger partial charge in [-0.25, -0.2) is 23.1 Å². The largest absolute Gasteiger partial charge is 0.393 e. The van der Waals surface area contributed by atoms with E-state index < -0.39 is 60.8 Å². The number of imidazole rings is 1. The number of hydrogen-bond acceptors (Lipinski definition) is 7. The maximum atomic E-state index is 14.4. The molecule has 5 rings (SSSR count). The average Bonchev–Trinajstić information content (AvgIpc) is 3.45. The average molecular weight is 454 g/mol. The van der Waals surface area contributed by atoms with Crippen molar-refractivity contribution in [3.8, 4) is 0 Å². The molecule has 8 nitrogen and oxygen atoms in total. The van der Waals surface area contributed by atoms with E-state index in [1.807, 2.05) is 0 Å². The first-order chi connectivity index (χ1) is 17.7. The molecule has 1 aromatic carbocycles. The number of hydrogen-bond donors (Lipinski definition) is 3. The van der Waals surface area contributed by atoms with Crippen LogP contribution in [0, 0.1) is 17.5 Å². The molecule has 4 unspecified atom stereocenters. The topological polar surface area (TPSA) is 97.1 Å². The zero-order chi connectivity index (χ0) is 27.6. The molecule has 1 saturated carbocycles. The number of benzene rings is 1. The molecular weight excluding hydrogens is 425 g/mol. The van der Waals surface area contributed by atoms with E-state index >= 15 is 0 Å². The number of rotatable bonds is 5. The van der Waals surface area contributed by atoms with E-state index in [4.69, 9.17) is 13.0 Å². The number of fused-ring (bicyclic) bond motifs is 1. The predicted molar refractivity (Wildman–Crippen MR) is 111 cm³/mol. The lowest BCUT2D eigenvalue weighted by Gasteiger charge is -2.26. The number of nitrogens with zero attached hydrogens (tertiary/aromatic N) is 4. The summed E-state index contributed by atoms with van der Waals surface area (Å²) < 4.78 is 97.7. The Balaban J connectivity index is 1.55. The van der Waals surface area contributed by atoms with Gasteiger partial charge in [0.05, 0.1) is 26.3 Å². The van der Waals surface area contributed by atoms with Gasteiger partial charge < -0.3 is 20.5 Å². The Morgan fingerprint density at radius 1 is 1.19 bits per heavy atom. The number of halogens is 3. The van der Waals surface area contributed by atoms with Gasteiger partial charge in [0.25, 0.3) is 0 Å². The highest BCUT2D eigenvalue weighted by Gasteiger charge is 2.27. The molecule has 2 fully saturated rings. The molecule has 170 valence electrons. The molecule has 0 radical (unpaired) electrons. The lowest BCUT2D eigenvalue weighted by molar-refractivity contribution is 0.126. The molecule has 0 amide bonds. The van der Waals surface area contributed by atoms with Crippen LogP contribution in [0.15, 0.2) is 18.3 Å². The fourth-order valence-electron chi connectivity index (χ4n) is 3.63. The monoisotopic (exact) mass is 454 g/mol. The van der Waals surface area contributed by atoms with Gasteiger partial charge in [0.2, 0.25) is 11.9 Å². The summed E-state index contributed by atoms with van der Waals surface area (Å²) in [5.74, 6) is -3.68. The van der Waals surface area contributed by atoms with Gasteiger partial charge in [-0.3, -0.25) is 4.57 Å². The van der Waals surface area contributed by atoms with Gasteiger partial charge in [0.1, 0.15) is 17.0 Å². The summed E-state index contributed by atoms with van der Waals surface area (Å²) in [6.45, 7) is 0.622. The molecule has 2 aliphatic rings. The second-order valence-corrected chi connectivity index (χ2v) is 7.37. The van der Waals surface area contributed by atoms with Crippen molar-refractivity contribution in [2.75, 3.05) is 23.8 Å². The highest BCUT2D eigenvalue weighted by molar-refractivity contribution is 5.76. The number of aliphatic hydroxyl groups is 1.